The first kappa shape index (κ1) is 13.5. The van der Waals surface area contributed by atoms with Crippen LogP contribution in [0.15, 0.2) is 36.5 Å². The predicted molar refractivity (Wildman–Crippen MR) is 79.5 cm³/mol. The number of nitrogens with zero attached hydrogens (tertiary/aromatic N) is 4. The normalized spacial score (nSPS) is 27.4. The fourth-order valence-corrected chi connectivity index (χ4v) is 3.64. The summed E-state index contributed by atoms with van der Waals surface area (Å²) in [6, 6.07) is 9.72. The van der Waals surface area contributed by atoms with Crippen LogP contribution in [0.25, 0.3) is 5.69 Å². The van der Waals surface area contributed by atoms with Crippen LogP contribution in [0.5, 0.6) is 0 Å². The molecule has 6 heteroatoms. The van der Waals surface area contributed by atoms with Crippen LogP contribution in [0.2, 0.25) is 0 Å². The Hall–Kier alpha value is -2.21. The Labute approximate surface area is 128 Å². The number of aromatic nitrogens is 3. The van der Waals surface area contributed by atoms with Gasteiger partial charge < -0.3 is 5.11 Å². The molecule has 1 aromatic heterocycles. The number of rotatable bonds is 4. The second-order valence-electron chi connectivity index (χ2n) is 6.16. The Balaban J connectivity index is 1.54. The van der Waals surface area contributed by atoms with E-state index >= 15 is 0 Å². The summed E-state index contributed by atoms with van der Waals surface area (Å²) in [7, 11) is 0. The number of carbonyl (C=O) groups is 1. The van der Waals surface area contributed by atoms with Gasteiger partial charge in [-0.15, -0.1) is 0 Å². The van der Waals surface area contributed by atoms with Crippen molar-refractivity contribution in [1.82, 2.24) is 19.9 Å². The van der Waals surface area contributed by atoms with Crippen LogP contribution in [-0.4, -0.2) is 43.1 Å². The minimum atomic E-state index is -0.687. The highest BCUT2D eigenvalue weighted by Crippen LogP contribution is 2.54. The van der Waals surface area contributed by atoms with Gasteiger partial charge in [0.15, 0.2) is 0 Å². The second kappa shape index (κ2) is 4.91. The molecule has 1 aliphatic heterocycles. The van der Waals surface area contributed by atoms with Crippen LogP contribution in [0.1, 0.15) is 25.0 Å². The number of carboxylic acids is 1. The number of carboxylic acid groups (broad SMARTS) is 1. The van der Waals surface area contributed by atoms with E-state index in [1.807, 2.05) is 30.3 Å². The fourth-order valence-electron chi connectivity index (χ4n) is 3.64. The Kier molecular flexibility index (Phi) is 3.00. The van der Waals surface area contributed by atoms with Gasteiger partial charge in [-0.05, 0) is 43.9 Å². The van der Waals surface area contributed by atoms with Crippen molar-refractivity contribution in [2.24, 2.45) is 5.92 Å². The molecule has 0 amide bonds. The lowest BCUT2D eigenvalue weighted by atomic mass is 10.0. The van der Waals surface area contributed by atoms with E-state index in [1.165, 1.54) is 0 Å². The number of hydrogen-bond acceptors (Lipinski definition) is 4. The first-order valence-corrected chi connectivity index (χ1v) is 7.65. The van der Waals surface area contributed by atoms with E-state index in [0.717, 1.165) is 37.2 Å². The largest absolute Gasteiger partial charge is 0.480 e. The van der Waals surface area contributed by atoms with Gasteiger partial charge in [-0.3, -0.25) is 9.69 Å². The second-order valence-corrected chi connectivity index (χ2v) is 6.16. The van der Waals surface area contributed by atoms with Gasteiger partial charge in [0.2, 0.25) is 0 Å². The van der Waals surface area contributed by atoms with E-state index < -0.39 is 11.5 Å². The number of hydrogen-bond donors (Lipinski definition) is 1. The van der Waals surface area contributed by atoms with Crippen molar-refractivity contribution in [2.45, 2.75) is 31.3 Å². The average Bonchev–Trinajstić information content (AvgIpc) is 3.14. The van der Waals surface area contributed by atoms with E-state index in [1.54, 1.807) is 11.0 Å². The van der Waals surface area contributed by atoms with Crippen LogP contribution in [-0.2, 0) is 11.3 Å². The molecule has 4 rings (SSSR count). The summed E-state index contributed by atoms with van der Waals surface area (Å²) in [6.07, 6.45) is 4.59. The third-order valence-electron chi connectivity index (χ3n) is 4.87. The monoisotopic (exact) mass is 298 g/mol. The van der Waals surface area contributed by atoms with Crippen molar-refractivity contribution in [3.05, 3.63) is 42.2 Å². The molecule has 1 aliphatic carbocycles. The van der Waals surface area contributed by atoms with Crippen molar-refractivity contribution in [3.8, 4) is 5.69 Å². The van der Waals surface area contributed by atoms with Crippen LogP contribution in [0.4, 0.5) is 0 Å². The van der Waals surface area contributed by atoms with Gasteiger partial charge in [-0.1, -0.05) is 18.2 Å². The number of benzene rings is 1. The summed E-state index contributed by atoms with van der Waals surface area (Å²) in [5, 5.41) is 18.4. The number of aliphatic carboxylic acids is 1. The van der Waals surface area contributed by atoms with Gasteiger partial charge in [-0.25, -0.2) is 0 Å². The molecule has 2 atom stereocenters. The number of piperidine rings is 1. The molecule has 1 aromatic carbocycles. The number of para-hydroxylation sites is 1. The van der Waals surface area contributed by atoms with Crippen LogP contribution >= 0.6 is 0 Å². The fraction of sp³-hybridized carbons (Fsp3) is 0.438. The highest BCUT2D eigenvalue weighted by Gasteiger charge is 2.65. The van der Waals surface area contributed by atoms with E-state index in [4.69, 9.17) is 0 Å². The summed E-state index contributed by atoms with van der Waals surface area (Å²) >= 11 is 0. The van der Waals surface area contributed by atoms with Gasteiger partial charge in [-0.2, -0.15) is 15.0 Å². The quantitative estimate of drug-likeness (QED) is 0.930. The first-order valence-electron chi connectivity index (χ1n) is 7.65. The predicted octanol–water partition coefficient (Wildman–Crippen LogP) is 1.71. The van der Waals surface area contributed by atoms with Gasteiger partial charge in [0.25, 0.3) is 0 Å². The third-order valence-corrected chi connectivity index (χ3v) is 4.87. The molecule has 1 saturated heterocycles. The molecule has 0 radical (unpaired) electrons. The van der Waals surface area contributed by atoms with E-state index in [2.05, 4.69) is 15.1 Å². The van der Waals surface area contributed by atoms with E-state index in [9.17, 15) is 9.90 Å². The van der Waals surface area contributed by atoms with Crippen LogP contribution in [0, 0.1) is 5.92 Å². The molecule has 0 bridgehead atoms. The lowest BCUT2D eigenvalue weighted by Gasteiger charge is -2.32. The molecule has 1 saturated carbocycles. The van der Waals surface area contributed by atoms with Crippen LogP contribution < -0.4 is 0 Å². The maximum Gasteiger partial charge on any atom is 0.324 e. The summed E-state index contributed by atoms with van der Waals surface area (Å²) in [4.78, 5) is 15.3. The molecule has 0 spiro atoms. The minimum absolute atomic E-state index is 0.308. The molecular weight excluding hydrogens is 280 g/mol. The summed E-state index contributed by atoms with van der Waals surface area (Å²) in [6.45, 7) is 1.37. The molecule has 6 nitrogen and oxygen atoms in total. The van der Waals surface area contributed by atoms with Gasteiger partial charge in [0.1, 0.15) is 5.54 Å². The zero-order valence-corrected chi connectivity index (χ0v) is 12.2. The molecule has 0 unspecified atom stereocenters. The molecular formula is C16H18N4O2. The Bertz CT molecular complexity index is 699. The van der Waals surface area contributed by atoms with Gasteiger partial charge in [0, 0.05) is 6.54 Å². The highest BCUT2D eigenvalue weighted by atomic mass is 16.4. The lowest BCUT2D eigenvalue weighted by molar-refractivity contribution is -0.147. The van der Waals surface area contributed by atoms with Crippen molar-refractivity contribution in [1.29, 1.82) is 0 Å². The molecule has 2 fully saturated rings. The van der Waals surface area contributed by atoms with Crippen molar-refractivity contribution >= 4 is 5.97 Å². The standard InChI is InChI=1S/C16H18N4O2/c21-15(22)16-9-12(16)5-4-8-19(16)11-13-10-17-20(18-13)14-6-2-1-3-7-14/h1-3,6-7,10,12H,4-5,8-9,11H2,(H,21,22)/t12-,16+/m1/s1. The topological polar surface area (TPSA) is 71.2 Å². The van der Waals surface area contributed by atoms with Gasteiger partial charge >= 0.3 is 5.97 Å². The summed E-state index contributed by atoms with van der Waals surface area (Å²) < 4.78 is 0. The van der Waals surface area contributed by atoms with E-state index in [-0.39, 0.29) is 0 Å². The Morgan fingerprint density at radius 1 is 1.36 bits per heavy atom. The smallest absolute Gasteiger partial charge is 0.324 e. The molecule has 2 aliphatic rings. The molecule has 1 N–H and O–H groups in total. The number of likely N-dealkylation sites (tertiary alicyclic amines) is 1. The van der Waals surface area contributed by atoms with Gasteiger partial charge in [0.05, 0.1) is 17.6 Å². The first-order chi connectivity index (χ1) is 10.7. The summed E-state index contributed by atoms with van der Waals surface area (Å²) in [5.74, 6) is -0.379. The minimum Gasteiger partial charge on any atom is -0.480 e. The third kappa shape index (κ3) is 2.02. The maximum atomic E-state index is 11.7. The Morgan fingerprint density at radius 3 is 2.95 bits per heavy atom. The molecule has 22 heavy (non-hydrogen) atoms. The molecule has 2 aromatic rings. The maximum absolute atomic E-state index is 11.7. The summed E-state index contributed by atoms with van der Waals surface area (Å²) in [5.41, 5.74) is 1.08. The molecule has 2 heterocycles. The van der Waals surface area contributed by atoms with E-state index in [0.29, 0.717) is 12.5 Å². The number of fused-ring (bicyclic) bond motifs is 1. The molecule has 114 valence electrons. The Morgan fingerprint density at radius 2 is 2.18 bits per heavy atom. The van der Waals surface area contributed by atoms with Crippen LogP contribution in [0.3, 0.4) is 0 Å². The lowest BCUT2D eigenvalue weighted by Crippen LogP contribution is -2.47. The van der Waals surface area contributed by atoms with Crippen molar-refractivity contribution in [3.63, 3.8) is 0 Å². The average molecular weight is 298 g/mol. The zero-order valence-electron chi connectivity index (χ0n) is 12.2. The SMILES string of the molecule is O=C(O)[C@]12C[C@H]1CCCN2Cc1cnn(-c2ccccc2)n1. The van der Waals surface area contributed by atoms with Crippen molar-refractivity contribution in [2.75, 3.05) is 6.54 Å². The highest BCUT2D eigenvalue weighted by molar-refractivity contribution is 5.83. The van der Waals surface area contributed by atoms with Crippen molar-refractivity contribution < 1.29 is 9.90 Å². The zero-order chi connectivity index (χ0) is 15.2.